The molecule has 2 aliphatic rings. The van der Waals surface area contributed by atoms with Crippen molar-refractivity contribution in [3.63, 3.8) is 0 Å². The standard InChI is InChI=1S/C26H32N4O2S/c1-18-7-6-12-30(15-18)25(31)22-19(2)21-23(28-17-29-24(21)33-22)27-16-26(10-13-32-14-11-26)20-8-4-3-5-9-20/h3-5,8-9,17-18H,6-7,10-16H2,1-2H3,(H,27,28,29)/t18-/m0/s1. The van der Waals surface area contributed by atoms with Crippen molar-refractivity contribution in [2.24, 2.45) is 5.92 Å². The zero-order chi connectivity index (χ0) is 22.8. The maximum atomic E-state index is 13.3. The number of hydrogen-bond acceptors (Lipinski definition) is 6. The third kappa shape index (κ3) is 4.36. The molecule has 2 aromatic heterocycles. The van der Waals surface area contributed by atoms with Crippen molar-refractivity contribution in [2.45, 2.75) is 44.9 Å². The molecule has 1 aromatic carbocycles. The zero-order valence-corrected chi connectivity index (χ0v) is 20.3. The summed E-state index contributed by atoms with van der Waals surface area (Å²) in [7, 11) is 0. The first-order valence-corrected chi connectivity index (χ1v) is 12.8. The van der Waals surface area contributed by atoms with Gasteiger partial charge in [0.05, 0.1) is 10.3 Å². The molecule has 1 amide bonds. The van der Waals surface area contributed by atoms with Crippen LogP contribution in [0.5, 0.6) is 0 Å². The first-order valence-electron chi connectivity index (χ1n) is 12.0. The number of thiophene rings is 1. The SMILES string of the molecule is Cc1c(C(=O)N2CCC[C@H](C)C2)sc2ncnc(NCC3(c4ccccc4)CCOCC3)c12. The molecule has 7 heteroatoms. The van der Waals surface area contributed by atoms with Crippen molar-refractivity contribution < 1.29 is 9.53 Å². The van der Waals surface area contributed by atoms with Gasteiger partial charge in [-0.25, -0.2) is 9.97 Å². The maximum Gasteiger partial charge on any atom is 0.264 e. The Morgan fingerprint density at radius 1 is 1.24 bits per heavy atom. The van der Waals surface area contributed by atoms with Crippen LogP contribution >= 0.6 is 11.3 Å². The smallest absolute Gasteiger partial charge is 0.264 e. The molecule has 33 heavy (non-hydrogen) atoms. The summed E-state index contributed by atoms with van der Waals surface area (Å²) in [6.07, 6.45) is 5.82. The fraction of sp³-hybridized carbons (Fsp3) is 0.500. The van der Waals surface area contributed by atoms with Gasteiger partial charge in [-0.3, -0.25) is 4.79 Å². The number of nitrogens with one attached hydrogen (secondary N) is 1. The van der Waals surface area contributed by atoms with Crippen molar-refractivity contribution in [3.05, 3.63) is 52.7 Å². The minimum absolute atomic E-state index is 0.00327. The molecule has 2 saturated heterocycles. The van der Waals surface area contributed by atoms with Crippen molar-refractivity contribution >= 4 is 33.3 Å². The highest BCUT2D eigenvalue weighted by Crippen LogP contribution is 2.38. The van der Waals surface area contributed by atoms with Crippen LogP contribution in [0.4, 0.5) is 5.82 Å². The van der Waals surface area contributed by atoms with E-state index in [2.05, 4.69) is 52.5 Å². The number of aryl methyl sites for hydroxylation is 1. The van der Waals surface area contributed by atoms with Crippen LogP contribution in [-0.4, -0.2) is 53.6 Å². The summed E-state index contributed by atoms with van der Waals surface area (Å²) < 4.78 is 5.69. The van der Waals surface area contributed by atoms with Crippen molar-refractivity contribution in [1.29, 1.82) is 0 Å². The number of benzene rings is 1. The Kier molecular flexibility index (Phi) is 6.34. The van der Waals surface area contributed by atoms with Gasteiger partial charge in [0.15, 0.2) is 0 Å². The maximum absolute atomic E-state index is 13.3. The highest BCUT2D eigenvalue weighted by molar-refractivity contribution is 7.20. The predicted molar refractivity (Wildman–Crippen MR) is 133 cm³/mol. The average Bonchev–Trinajstić information content (AvgIpc) is 3.20. The van der Waals surface area contributed by atoms with Crippen molar-refractivity contribution in [2.75, 3.05) is 38.2 Å². The van der Waals surface area contributed by atoms with E-state index in [1.807, 2.05) is 11.8 Å². The lowest BCUT2D eigenvalue weighted by molar-refractivity contribution is 0.0543. The van der Waals surface area contributed by atoms with Crippen LogP contribution in [0.2, 0.25) is 0 Å². The molecule has 2 fully saturated rings. The molecule has 2 aliphatic heterocycles. The Balaban J connectivity index is 1.43. The van der Waals surface area contributed by atoms with Gasteiger partial charge in [0, 0.05) is 38.3 Å². The molecule has 3 aromatic rings. The lowest BCUT2D eigenvalue weighted by atomic mass is 9.74. The normalized spacial score (nSPS) is 20.7. The predicted octanol–water partition coefficient (Wildman–Crippen LogP) is 5.03. The van der Waals surface area contributed by atoms with Crippen LogP contribution in [0.25, 0.3) is 10.2 Å². The number of aromatic nitrogens is 2. The van der Waals surface area contributed by atoms with Crippen LogP contribution in [0.3, 0.4) is 0 Å². The summed E-state index contributed by atoms with van der Waals surface area (Å²) in [6, 6.07) is 10.7. The fourth-order valence-corrected chi connectivity index (χ4v) is 6.42. The number of likely N-dealkylation sites (tertiary alicyclic amines) is 1. The highest BCUT2D eigenvalue weighted by Gasteiger charge is 2.35. The van der Waals surface area contributed by atoms with Crippen LogP contribution in [-0.2, 0) is 10.2 Å². The molecule has 0 bridgehead atoms. The monoisotopic (exact) mass is 464 g/mol. The van der Waals surface area contributed by atoms with E-state index in [0.717, 1.165) is 78.6 Å². The van der Waals surface area contributed by atoms with Gasteiger partial charge in [-0.15, -0.1) is 11.3 Å². The number of piperidine rings is 1. The molecule has 5 rings (SSSR count). The topological polar surface area (TPSA) is 67.4 Å². The molecule has 174 valence electrons. The minimum Gasteiger partial charge on any atom is -0.381 e. The van der Waals surface area contributed by atoms with Crippen LogP contribution in [0.1, 0.15) is 53.4 Å². The lowest BCUT2D eigenvalue weighted by Crippen LogP contribution is -2.40. The van der Waals surface area contributed by atoms with E-state index in [1.165, 1.54) is 23.3 Å². The first kappa shape index (κ1) is 22.3. The van der Waals surface area contributed by atoms with E-state index < -0.39 is 0 Å². The number of nitrogens with zero attached hydrogens (tertiary/aromatic N) is 3. The molecule has 0 saturated carbocycles. The number of fused-ring (bicyclic) bond motifs is 1. The number of amides is 1. The molecule has 1 atom stereocenters. The van der Waals surface area contributed by atoms with Gasteiger partial charge in [0.25, 0.3) is 5.91 Å². The summed E-state index contributed by atoms with van der Waals surface area (Å²) >= 11 is 1.50. The second kappa shape index (κ2) is 9.39. The minimum atomic E-state index is 0.00327. The Bertz CT molecular complexity index is 1120. The summed E-state index contributed by atoms with van der Waals surface area (Å²) in [5.41, 5.74) is 2.33. The molecule has 0 radical (unpaired) electrons. The Morgan fingerprint density at radius 2 is 2.03 bits per heavy atom. The summed E-state index contributed by atoms with van der Waals surface area (Å²) in [4.78, 5) is 26.1. The highest BCUT2D eigenvalue weighted by atomic mass is 32.1. The number of hydrogen-bond donors (Lipinski definition) is 1. The molecular weight excluding hydrogens is 432 g/mol. The summed E-state index contributed by atoms with van der Waals surface area (Å²) in [5.74, 6) is 1.52. The zero-order valence-electron chi connectivity index (χ0n) is 19.5. The number of carbonyl (C=O) groups is 1. The van der Waals surface area contributed by atoms with E-state index in [-0.39, 0.29) is 11.3 Å². The Hall–Kier alpha value is -2.51. The Morgan fingerprint density at radius 3 is 2.79 bits per heavy atom. The van der Waals surface area contributed by atoms with Gasteiger partial charge in [-0.05, 0) is 49.7 Å². The number of carbonyl (C=O) groups excluding carboxylic acids is 1. The van der Waals surface area contributed by atoms with Crippen LogP contribution in [0.15, 0.2) is 36.7 Å². The largest absolute Gasteiger partial charge is 0.381 e. The molecule has 6 nitrogen and oxygen atoms in total. The first-order chi connectivity index (χ1) is 16.1. The van der Waals surface area contributed by atoms with Gasteiger partial charge in [0.1, 0.15) is 17.0 Å². The summed E-state index contributed by atoms with van der Waals surface area (Å²) in [5, 5.41) is 4.63. The third-order valence-electron chi connectivity index (χ3n) is 7.30. The molecule has 0 spiro atoms. The molecule has 0 unspecified atom stereocenters. The average molecular weight is 465 g/mol. The van der Waals surface area contributed by atoms with Gasteiger partial charge in [-0.2, -0.15) is 0 Å². The number of anilines is 1. The lowest BCUT2D eigenvalue weighted by Gasteiger charge is -2.38. The number of ether oxygens (including phenoxy) is 1. The van der Waals surface area contributed by atoms with Crippen molar-refractivity contribution in [1.82, 2.24) is 14.9 Å². The second-order valence-corrected chi connectivity index (χ2v) is 10.6. The molecule has 0 aliphatic carbocycles. The summed E-state index contributed by atoms with van der Waals surface area (Å²) in [6.45, 7) is 8.24. The van der Waals surface area contributed by atoms with Gasteiger partial charge < -0.3 is 15.0 Å². The quantitative estimate of drug-likeness (QED) is 0.573. The molecule has 1 N–H and O–H groups in total. The van der Waals surface area contributed by atoms with E-state index in [0.29, 0.717) is 5.92 Å². The van der Waals surface area contributed by atoms with Gasteiger partial charge >= 0.3 is 0 Å². The Labute approximate surface area is 199 Å². The van der Waals surface area contributed by atoms with E-state index in [1.54, 1.807) is 6.33 Å². The van der Waals surface area contributed by atoms with Gasteiger partial charge in [-0.1, -0.05) is 37.3 Å². The van der Waals surface area contributed by atoms with E-state index in [4.69, 9.17) is 4.74 Å². The fourth-order valence-electron chi connectivity index (χ4n) is 5.30. The molecule has 4 heterocycles. The van der Waals surface area contributed by atoms with E-state index >= 15 is 0 Å². The van der Waals surface area contributed by atoms with Crippen LogP contribution in [0, 0.1) is 12.8 Å². The van der Waals surface area contributed by atoms with E-state index in [9.17, 15) is 4.79 Å². The van der Waals surface area contributed by atoms with Gasteiger partial charge in [0.2, 0.25) is 0 Å². The number of rotatable bonds is 5. The third-order valence-corrected chi connectivity index (χ3v) is 8.48. The van der Waals surface area contributed by atoms with Crippen molar-refractivity contribution in [3.8, 4) is 0 Å². The second-order valence-electron chi connectivity index (χ2n) is 9.57. The van der Waals surface area contributed by atoms with Crippen LogP contribution < -0.4 is 5.32 Å². The molecular formula is C26H32N4O2S.